The van der Waals surface area contributed by atoms with Crippen LogP contribution in [0.5, 0.6) is 0 Å². The fourth-order valence-corrected chi connectivity index (χ4v) is 2.76. The van der Waals surface area contributed by atoms with Gasteiger partial charge in [-0.25, -0.2) is 0 Å². The van der Waals surface area contributed by atoms with Gasteiger partial charge in [0.1, 0.15) is 0 Å². The predicted octanol–water partition coefficient (Wildman–Crippen LogP) is 1.57. The number of nitrogens with zero attached hydrogens (tertiary/aromatic N) is 4. The third kappa shape index (κ3) is 4.69. The highest BCUT2D eigenvalue weighted by molar-refractivity contribution is 5.29. The van der Waals surface area contributed by atoms with Crippen LogP contribution in [0.25, 0.3) is 0 Å². The first-order chi connectivity index (χ1) is 11.7. The van der Waals surface area contributed by atoms with E-state index >= 15 is 0 Å². The molecule has 4 N–H and O–H groups in total. The zero-order valence-electron chi connectivity index (χ0n) is 14.8. The Morgan fingerprint density at radius 3 is 1.54 bits per heavy atom. The number of hydrogen-bond acceptors (Lipinski definition) is 6. The van der Waals surface area contributed by atoms with E-state index in [2.05, 4.69) is 24.4 Å². The second kappa shape index (κ2) is 9.24. The first-order valence-electron chi connectivity index (χ1n) is 8.95. The molecule has 0 atom stereocenters. The molecule has 8 nitrogen and oxygen atoms in total. The van der Waals surface area contributed by atoms with Crippen LogP contribution in [0.1, 0.15) is 63.8 Å². The Balaban J connectivity index is 2.00. The fraction of sp³-hybridized carbons (Fsp3) is 0.750. The van der Waals surface area contributed by atoms with Crippen LogP contribution in [0, 0.1) is 0 Å². The number of aryl methyl sites for hydroxylation is 2. The molecule has 0 saturated carbocycles. The molecule has 24 heavy (non-hydrogen) atoms. The minimum atomic E-state index is 0.374. The molecule has 0 aliphatic rings. The Morgan fingerprint density at radius 1 is 0.750 bits per heavy atom. The number of anilines is 2. The van der Waals surface area contributed by atoms with Gasteiger partial charge in [0.2, 0.25) is 10.5 Å². The predicted molar refractivity (Wildman–Crippen MR) is 88.7 cm³/mol. The number of rotatable bonds is 11. The molecule has 0 fully saturated rings. The number of hydrogen-bond donors (Lipinski definition) is 2. The van der Waals surface area contributed by atoms with Crippen LogP contribution in [0.2, 0.25) is 0 Å². The molecule has 134 valence electrons. The van der Waals surface area contributed by atoms with Gasteiger partial charge in [-0.05, 0) is 22.2 Å². The summed E-state index contributed by atoms with van der Waals surface area (Å²) in [6.07, 6.45) is 8.17. The largest absolute Gasteiger partial charge is 0.362 e. The molecule has 0 unspecified atom stereocenters. The van der Waals surface area contributed by atoms with E-state index in [9.17, 15) is 0 Å². The Labute approximate surface area is 142 Å². The first-order valence-corrected chi connectivity index (χ1v) is 8.95. The molecule has 8 heteroatoms. The van der Waals surface area contributed by atoms with Crippen molar-refractivity contribution < 1.29 is 18.4 Å². The summed E-state index contributed by atoms with van der Waals surface area (Å²) in [4.78, 5) is 0. The van der Waals surface area contributed by atoms with Gasteiger partial charge < -0.3 is 11.5 Å². The van der Waals surface area contributed by atoms with E-state index in [1.165, 1.54) is 0 Å². The van der Waals surface area contributed by atoms with Crippen molar-refractivity contribution in [3.8, 4) is 0 Å². The lowest BCUT2D eigenvalue weighted by atomic mass is 10.1. The van der Waals surface area contributed by atoms with Crippen molar-refractivity contribution in [1.29, 1.82) is 0 Å². The molecule has 2 rings (SSSR count). The molecule has 0 radical (unpaired) electrons. The maximum atomic E-state index is 5.93. The molecular weight excluding hydrogens is 308 g/mol. The van der Waals surface area contributed by atoms with E-state index in [1.54, 1.807) is 0 Å². The highest BCUT2D eigenvalue weighted by atomic mass is 16.5. The summed E-state index contributed by atoms with van der Waals surface area (Å²) in [5.41, 5.74) is 13.7. The molecule has 0 aromatic carbocycles. The van der Waals surface area contributed by atoms with Gasteiger partial charge in [-0.15, -0.1) is 0 Å². The molecule has 0 aliphatic carbocycles. The van der Waals surface area contributed by atoms with Gasteiger partial charge in [-0.2, -0.15) is 0 Å². The lowest BCUT2D eigenvalue weighted by Crippen LogP contribution is -2.42. The van der Waals surface area contributed by atoms with Gasteiger partial charge in [0, 0.05) is 12.8 Å². The lowest BCUT2D eigenvalue weighted by molar-refractivity contribution is -0.772. The van der Waals surface area contributed by atoms with Gasteiger partial charge >= 0.3 is 0 Å². The van der Waals surface area contributed by atoms with E-state index in [1.807, 2.05) is 9.36 Å². The monoisotopic (exact) mass is 338 g/mol. The highest BCUT2D eigenvalue weighted by Crippen LogP contribution is 2.13. The summed E-state index contributed by atoms with van der Waals surface area (Å²) in [5.74, 6) is 0.748. The van der Waals surface area contributed by atoms with Gasteiger partial charge in [-0.1, -0.05) is 26.7 Å². The van der Waals surface area contributed by atoms with Crippen molar-refractivity contribution in [2.24, 2.45) is 0 Å². The highest BCUT2D eigenvalue weighted by Gasteiger charge is 2.27. The molecule has 2 aromatic heterocycles. The third-order valence-corrected chi connectivity index (χ3v) is 4.21. The topological polar surface area (TPSA) is 112 Å². The molecule has 2 heterocycles. The third-order valence-electron chi connectivity index (χ3n) is 4.21. The van der Waals surface area contributed by atoms with Gasteiger partial charge in [0.25, 0.3) is 23.2 Å². The van der Waals surface area contributed by atoms with Crippen LogP contribution in [0.15, 0.2) is 9.05 Å². The summed E-state index contributed by atoms with van der Waals surface area (Å²) < 4.78 is 14.0. The van der Waals surface area contributed by atoms with Crippen molar-refractivity contribution in [3.05, 3.63) is 11.4 Å². The van der Waals surface area contributed by atoms with Crippen LogP contribution < -0.4 is 20.8 Å². The zero-order chi connectivity index (χ0) is 17.4. The van der Waals surface area contributed by atoms with Crippen LogP contribution in [0.3, 0.4) is 0 Å². The summed E-state index contributed by atoms with van der Waals surface area (Å²) >= 11 is 0. The van der Waals surface area contributed by atoms with E-state index in [-0.39, 0.29) is 0 Å². The quantitative estimate of drug-likeness (QED) is 0.475. The second-order valence-electron chi connectivity index (χ2n) is 6.13. The number of nitrogens with two attached hydrogens (primary N) is 2. The summed E-state index contributed by atoms with van der Waals surface area (Å²) in [7, 11) is 0. The molecule has 0 amide bonds. The summed E-state index contributed by atoms with van der Waals surface area (Å²) in [5, 5.41) is 8.07. The standard InChI is InChI=1S/C16H30N6O2/c1-3-5-7-11-21-13(15(17)23-19-21)9-10-14-16(18)24-20-22(14)12-8-6-4-2/h3-12,17-18H2,1-2H3/q+2. The van der Waals surface area contributed by atoms with Crippen molar-refractivity contribution >= 4 is 11.8 Å². The Hall–Kier alpha value is -2.12. The number of nitrogen functional groups attached to an aromatic ring is 2. The summed E-state index contributed by atoms with van der Waals surface area (Å²) in [6.45, 7) is 5.99. The first kappa shape index (κ1) is 18.2. The fourth-order valence-electron chi connectivity index (χ4n) is 2.76. The maximum Gasteiger partial charge on any atom is 0.296 e. The van der Waals surface area contributed by atoms with Crippen molar-refractivity contribution in [2.45, 2.75) is 78.3 Å². The van der Waals surface area contributed by atoms with E-state index < -0.39 is 0 Å². The van der Waals surface area contributed by atoms with Gasteiger partial charge in [0.05, 0.1) is 12.8 Å². The second-order valence-corrected chi connectivity index (χ2v) is 6.13. The van der Waals surface area contributed by atoms with E-state index in [0.717, 1.165) is 63.0 Å². The maximum absolute atomic E-state index is 5.93. The Bertz CT molecular complexity index is 568. The van der Waals surface area contributed by atoms with Crippen molar-refractivity contribution in [3.63, 3.8) is 0 Å². The zero-order valence-corrected chi connectivity index (χ0v) is 14.8. The molecule has 0 saturated heterocycles. The molecule has 2 aromatic rings. The van der Waals surface area contributed by atoms with Crippen LogP contribution in [-0.4, -0.2) is 10.5 Å². The lowest BCUT2D eigenvalue weighted by Gasteiger charge is -1.96. The van der Waals surface area contributed by atoms with Crippen molar-refractivity contribution in [1.82, 2.24) is 10.5 Å². The van der Waals surface area contributed by atoms with Crippen LogP contribution >= 0.6 is 0 Å². The Morgan fingerprint density at radius 2 is 1.17 bits per heavy atom. The normalized spacial score (nSPS) is 11.2. The number of unbranched alkanes of at least 4 members (excludes halogenated alkanes) is 4. The average molecular weight is 338 g/mol. The van der Waals surface area contributed by atoms with E-state index in [0.29, 0.717) is 24.6 Å². The number of aromatic nitrogens is 4. The average Bonchev–Trinajstić information content (AvgIpc) is 3.10. The minimum Gasteiger partial charge on any atom is -0.362 e. The van der Waals surface area contributed by atoms with E-state index in [4.69, 9.17) is 20.5 Å². The van der Waals surface area contributed by atoms with Gasteiger partial charge in [0.15, 0.2) is 13.1 Å². The molecule has 0 aliphatic heterocycles. The molecular formula is C16H30N6O2+2. The van der Waals surface area contributed by atoms with Crippen molar-refractivity contribution in [2.75, 3.05) is 11.5 Å². The smallest absolute Gasteiger partial charge is 0.296 e. The minimum absolute atomic E-state index is 0.374. The van der Waals surface area contributed by atoms with Crippen LogP contribution in [0.4, 0.5) is 11.8 Å². The van der Waals surface area contributed by atoms with Crippen LogP contribution in [-0.2, 0) is 25.9 Å². The molecule has 0 bridgehead atoms. The Kier molecular flexibility index (Phi) is 7.02. The summed E-state index contributed by atoms with van der Waals surface area (Å²) in [6, 6.07) is 0. The molecule has 0 spiro atoms. The van der Waals surface area contributed by atoms with Gasteiger partial charge in [-0.3, -0.25) is 9.05 Å². The SMILES string of the molecule is CCCCC[n+]1noc(N)c1CCc1c(N)on[n+]1CCCCC.